The van der Waals surface area contributed by atoms with Crippen molar-refractivity contribution < 1.29 is 13.9 Å². The summed E-state index contributed by atoms with van der Waals surface area (Å²) in [5, 5.41) is 3.78. The van der Waals surface area contributed by atoms with Crippen LogP contribution in [-0.4, -0.2) is 16.5 Å². The van der Waals surface area contributed by atoms with Gasteiger partial charge in [0, 0.05) is 17.3 Å². The molecule has 0 aliphatic heterocycles. The van der Waals surface area contributed by atoms with Gasteiger partial charge in [0.1, 0.15) is 11.6 Å². The molecule has 0 spiro atoms. The van der Waals surface area contributed by atoms with Crippen LogP contribution in [-0.2, 0) is 4.79 Å². The average molecular weight is 324 g/mol. The lowest BCUT2D eigenvalue weighted by molar-refractivity contribution is -0.128. The van der Waals surface area contributed by atoms with Crippen LogP contribution in [0.1, 0.15) is 13.8 Å². The summed E-state index contributed by atoms with van der Waals surface area (Å²) in [7, 11) is 0. The molecule has 1 aromatic heterocycles. The number of rotatable bonds is 4. The monoisotopic (exact) mass is 324 g/mol. The van der Waals surface area contributed by atoms with Crippen LogP contribution in [0.4, 0.5) is 10.1 Å². The van der Waals surface area contributed by atoms with E-state index >= 15 is 0 Å². The summed E-state index contributed by atoms with van der Waals surface area (Å²) in [6, 6.07) is 14.8. The summed E-state index contributed by atoms with van der Waals surface area (Å²) in [4.78, 5) is 16.8. The van der Waals surface area contributed by atoms with Gasteiger partial charge in [-0.05, 0) is 62.4 Å². The molecule has 0 atom stereocenters. The van der Waals surface area contributed by atoms with Gasteiger partial charge in [0.25, 0.3) is 5.91 Å². The number of carbonyl (C=O) groups excluding carboxylic acids is 1. The number of nitrogens with zero attached hydrogens (tertiary/aromatic N) is 1. The molecule has 1 heterocycles. The predicted molar refractivity (Wildman–Crippen MR) is 91.5 cm³/mol. The highest BCUT2D eigenvalue weighted by molar-refractivity contribution is 5.98. The van der Waals surface area contributed by atoms with E-state index in [0.717, 1.165) is 10.9 Å². The first-order valence-electron chi connectivity index (χ1n) is 7.55. The van der Waals surface area contributed by atoms with E-state index in [1.807, 2.05) is 24.3 Å². The summed E-state index contributed by atoms with van der Waals surface area (Å²) >= 11 is 0. The number of halogens is 1. The standard InChI is InChI=1S/C19H17FN2O2/c1-19(2,24-16-8-5-14(20)6-9-16)18(23)22-15-7-10-17-13(12-15)4-3-11-21-17/h3-12H,1-2H3,(H,22,23). The number of ether oxygens (including phenoxy) is 1. The smallest absolute Gasteiger partial charge is 0.267 e. The first kappa shape index (κ1) is 15.9. The molecule has 0 radical (unpaired) electrons. The maximum atomic E-state index is 13.0. The Morgan fingerprint density at radius 1 is 1.12 bits per heavy atom. The predicted octanol–water partition coefficient (Wildman–Crippen LogP) is 4.17. The Labute approximate surface area is 139 Å². The maximum absolute atomic E-state index is 13.0. The van der Waals surface area contributed by atoms with Crippen molar-refractivity contribution >= 4 is 22.5 Å². The van der Waals surface area contributed by atoms with Crippen molar-refractivity contribution in [3.8, 4) is 5.75 Å². The first-order valence-corrected chi connectivity index (χ1v) is 7.55. The number of aromatic nitrogens is 1. The molecule has 4 nitrogen and oxygen atoms in total. The van der Waals surface area contributed by atoms with E-state index in [1.54, 1.807) is 26.1 Å². The number of hydrogen-bond donors (Lipinski definition) is 1. The van der Waals surface area contributed by atoms with Crippen molar-refractivity contribution in [1.29, 1.82) is 0 Å². The average Bonchev–Trinajstić information content (AvgIpc) is 2.56. The Hall–Kier alpha value is -2.95. The third kappa shape index (κ3) is 3.51. The molecular weight excluding hydrogens is 307 g/mol. The van der Waals surface area contributed by atoms with Crippen LogP contribution in [0.5, 0.6) is 5.75 Å². The van der Waals surface area contributed by atoms with E-state index in [2.05, 4.69) is 10.3 Å². The highest BCUT2D eigenvalue weighted by Gasteiger charge is 2.30. The molecule has 3 aromatic rings. The molecule has 0 aliphatic carbocycles. The number of pyridine rings is 1. The van der Waals surface area contributed by atoms with Gasteiger partial charge in [-0.25, -0.2) is 4.39 Å². The zero-order valence-corrected chi connectivity index (χ0v) is 13.4. The van der Waals surface area contributed by atoms with E-state index in [1.165, 1.54) is 24.3 Å². The van der Waals surface area contributed by atoms with E-state index in [-0.39, 0.29) is 11.7 Å². The van der Waals surface area contributed by atoms with Crippen molar-refractivity contribution in [3.05, 3.63) is 66.6 Å². The Morgan fingerprint density at radius 3 is 2.62 bits per heavy atom. The second-order valence-electron chi connectivity index (χ2n) is 5.93. The van der Waals surface area contributed by atoms with Crippen LogP contribution in [0.3, 0.4) is 0 Å². The van der Waals surface area contributed by atoms with Gasteiger partial charge in [-0.15, -0.1) is 0 Å². The minimum absolute atomic E-state index is 0.296. The molecule has 5 heteroatoms. The summed E-state index contributed by atoms with van der Waals surface area (Å²) < 4.78 is 18.6. The highest BCUT2D eigenvalue weighted by atomic mass is 19.1. The van der Waals surface area contributed by atoms with E-state index in [4.69, 9.17) is 4.74 Å². The third-order valence-electron chi connectivity index (χ3n) is 3.59. The summed E-state index contributed by atoms with van der Waals surface area (Å²) in [6.45, 7) is 3.32. The van der Waals surface area contributed by atoms with Crippen molar-refractivity contribution in [2.45, 2.75) is 19.4 Å². The van der Waals surface area contributed by atoms with Gasteiger partial charge >= 0.3 is 0 Å². The van der Waals surface area contributed by atoms with Gasteiger partial charge in [0.05, 0.1) is 5.52 Å². The van der Waals surface area contributed by atoms with Crippen LogP contribution >= 0.6 is 0 Å². The molecule has 0 bridgehead atoms. The van der Waals surface area contributed by atoms with Gasteiger partial charge in [-0.2, -0.15) is 0 Å². The zero-order valence-electron chi connectivity index (χ0n) is 13.4. The van der Waals surface area contributed by atoms with Gasteiger partial charge in [-0.3, -0.25) is 9.78 Å². The normalized spacial score (nSPS) is 11.3. The second kappa shape index (κ2) is 6.28. The van der Waals surface area contributed by atoms with Gasteiger partial charge < -0.3 is 10.1 Å². The fraction of sp³-hybridized carbons (Fsp3) is 0.158. The molecule has 1 amide bonds. The lowest BCUT2D eigenvalue weighted by Gasteiger charge is -2.25. The largest absolute Gasteiger partial charge is 0.478 e. The lowest BCUT2D eigenvalue weighted by Crippen LogP contribution is -2.42. The van der Waals surface area contributed by atoms with Crippen LogP contribution < -0.4 is 10.1 Å². The van der Waals surface area contributed by atoms with Gasteiger partial charge in [0.15, 0.2) is 5.60 Å². The third-order valence-corrected chi connectivity index (χ3v) is 3.59. The van der Waals surface area contributed by atoms with Crippen LogP contribution in [0.25, 0.3) is 10.9 Å². The van der Waals surface area contributed by atoms with Gasteiger partial charge in [0.2, 0.25) is 0 Å². The molecular formula is C19H17FN2O2. The quantitative estimate of drug-likeness (QED) is 0.783. The SMILES string of the molecule is CC(C)(Oc1ccc(F)cc1)C(=O)Nc1ccc2ncccc2c1. The number of nitrogens with one attached hydrogen (secondary N) is 1. The molecule has 122 valence electrons. The second-order valence-corrected chi connectivity index (χ2v) is 5.93. The van der Waals surface area contributed by atoms with Crippen LogP contribution in [0.15, 0.2) is 60.8 Å². The Morgan fingerprint density at radius 2 is 1.88 bits per heavy atom. The maximum Gasteiger partial charge on any atom is 0.267 e. The Balaban J connectivity index is 1.75. The van der Waals surface area contributed by atoms with Crippen molar-refractivity contribution in [3.63, 3.8) is 0 Å². The number of amides is 1. The van der Waals surface area contributed by atoms with Crippen molar-refractivity contribution in [1.82, 2.24) is 4.98 Å². The molecule has 0 fully saturated rings. The molecule has 0 saturated carbocycles. The minimum Gasteiger partial charge on any atom is -0.478 e. The number of carbonyl (C=O) groups is 1. The fourth-order valence-corrected chi connectivity index (χ4v) is 2.28. The Bertz CT molecular complexity index is 876. The fourth-order valence-electron chi connectivity index (χ4n) is 2.28. The highest BCUT2D eigenvalue weighted by Crippen LogP contribution is 2.22. The van der Waals surface area contributed by atoms with E-state index in [0.29, 0.717) is 11.4 Å². The van der Waals surface area contributed by atoms with Crippen LogP contribution in [0, 0.1) is 5.82 Å². The summed E-state index contributed by atoms with van der Waals surface area (Å²) in [6.07, 6.45) is 1.72. The minimum atomic E-state index is -1.11. The molecule has 24 heavy (non-hydrogen) atoms. The van der Waals surface area contributed by atoms with E-state index < -0.39 is 5.60 Å². The van der Waals surface area contributed by atoms with E-state index in [9.17, 15) is 9.18 Å². The Kier molecular flexibility index (Phi) is 4.16. The number of fused-ring (bicyclic) bond motifs is 1. The number of benzene rings is 2. The van der Waals surface area contributed by atoms with Crippen molar-refractivity contribution in [2.75, 3.05) is 5.32 Å². The van der Waals surface area contributed by atoms with Crippen LogP contribution in [0.2, 0.25) is 0 Å². The molecule has 1 N–H and O–H groups in total. The zero-order chi connectivity index (χ0) is 17.2. The van der Waals surface area contributed by atoms with Crippen molar-refractivity contribution in [2.24, 2.45) is 0 Å². The first-order chi connectivity index (χ1) is 11.4. The molecule has 3 rings (SSSR count). The lowest BCUT2D eigenvalue weighted by atomic mass is 10.1. The molecule has 0 saturated heterocycles. The van der Waals surface area contributed by atoms with Gasteiger partial charge in [-0.1, -0.05) is 6.07 Å². The molecule has 0 aliphatic rings. The molecule has 2 aromatic carbocycles. The number of anilines is 1. The summed E-state index contributed by atoms with van der Waals surface area (Å²) in [5.74, 6) is -0.219. The topological polar surface area (TPSA) is 51.2 Å². The molecule has 0 unspecified atom stereocenters. The summed E-state index contributed by atoms with van der Waals surface area (Å²) in [5.41, 5.74) is 0.412. The number of hydrogen-bond acceptors (Lipinski definition) is 3.